The molecular weight excluding hydrogens is 352 g/mol. The van der Waals surface area contributed by atoms with Gasteiger partial charge in [-0.25, -0.2) is 0 Å². The van der Waals surface area contributed by atoms with Crippen molar-refractivity contribution >= 4 is 54.9 Å². The molecule has 0 spiro atoms. The molecule has 0 amide bonds. The lowest BCUT2D eigenvalue weighted by Crippen LogP contribution is -2.02. The quantitative estimate of drug-likeness (QED) is 0.441. The smallest absolute Gasteiger partial charge is 0.174 e. The lowest BCUT2D eigenvalue weighted by Gasteiger charge is -2.03. The van der Waals surface area contributed by atoms with Crippen molar-refractivity contribution in [2.75, 3.05) is 5.75 Å². The van der Waals surface area contributed by atoms with Crippen LogP contribution in [0.5, 0.6) is 0 Å². The predicted molar refractivity (Wildman–Crippen MR) is 91.0 cm³/mol. The molecule has 0 fully saturated rings. The minimum absolute atomic E-state index is 0.186. The lowest BCUT2D eigenvalue weighted by atomic mass is 10.1. The monoisotopic (exact) mass is 362 g/mol. The Labute approximate surface area is 134 Å². The normalized spacial score (nSPS) is 10.8. The molecule has 0 unspecified atom stereocenters. The van der Waals surface area contributed by atoms with Gasteiger partial charge in [0.2, 0.25) is 0 Å². The number of benzene rings is 2. The number of fused-ring (bicyclic) bond motifs is 1. The van der Waals surface area contributed by atoms with Gasteiger partial charge >= 0.3 is 0 Å². The van der Waals surface area contributed by atoms with E-state index in [-0.39, 0.29) is 5.78 Å². The molecule has 0 saturated carbocycles. The summed E-state index contributed by atoms with van der Waals surface area (Å²) in [5, 5.41) is 3.18. The standard InChI is InChI=1S/C16H11BrOS2/c17-12-4-6-13(7-5-12)20-10-15(18)14-3-1-2-11-8-9-19-16(11)14/h1-9H,10H2. The maximum Gasteiger partial charge on any atom is 0.174 e. The summed E-state index contributed by atoms with van der Waals surface area (Å²) in [7, 11) is 0. The summed E-state index contributed by atoms with van der Waals surface area (Å²) in [6, 6.07) is 16.0. The van der Waals surface area contributed by atoms with Crippen LogP contribution in [0.3, 0.4) is 0 Å². The Kier molecular flexibility index (Phi) is 4.24. The average Bonchev–Trinajstić information content (AvgIpc) is 2.94. The van der Waals surface area contributed by atoms with Gasteiger partial charge in [-0.15, -0.1) is 23.1 Å². The highest BCUT2D eigenvalue weighted by Crippen LogP contribution is 2.27. The van der Waals surface area contributed by atoms with Crippen LogP contribution in [-0.2, 0) is 0 Å². The summed E-state index contributed by atoms with van der Waals surface area (Å²) in [5.41, 5.74) is 0.835. The Bertz CT molecular complexity index is 747. The average molecular weight is 363 g/mol. The molecule has 0 bridgehead atoms. The molecule has 4 heteroatoms. The fourth-order valence-electron chi connectivity index (χ4n) is 1.97. The van der Waals surface area contributed by atoms with Gasteiger partial charge in [-0.1, -0.05) is 28.1 Å². The summed E-state index contributed by atoms with van der Waals surface area (Å²) in [5.74, 6) is 0.657. The molecule has 0 aliphatic heterocycles. The summed E-state index contributed by atoms with van der Waals surface area (Å²) < 4.78 is 2.14. The van der Waals surface area contributed by atoms with Crippen LogP contribution >= 0.6 is 39.0 Å². The summed E-state index contributed by atoms with van der Waals surface area (Å²) in [6.45, 7) is 0. The molecule has 1 heterocycles. The van der Waals surface area contributed by atoms with E-state index in [0.717, 1.165) is 25.0 Å². The second-order valence-electron chi connectivity index (χ2n) is 4.31. The molecule has 20 heavy (non-hydrogen) atoms. The molecule has 0 aliphatic rings. The third-order valence-electron chi connectivity index (χ3n) is 2.96. The van der Waals surface area contributed by atoms with Crippen LogP contribution in [0, 0.1) is 0 Å². The summed E-state index contributed by atoms with van der Waals surface area (Å²) >= 11 is 6.62. The van der Waals surface area contributed by atoms with Gasteiger partial charge in [-0.3, -0.25) is 4.79 Å². The Hall–Kier alpha value is -1.10. The van der Waals surface area contributed by atoms with Crippen LogP contribution in [0.15, 0.2) is 63.3 Å². The third kappa shape index (κ3) is 2.97. The van der Waals surface area contributed by atoms with Gasteiger partial charge < -0.3 is 0 Å². The molecular formula is C16H11BrOS2. The van der Waals surface area contributed by atoms with Crippen molar-refractivity contribution in [2.45, 2.75) is 4.90 Å². The largest absolute Gasteiger partial charge is 0.293 e. The molecule has 100 valence electrons. The van der Waals surface area contributed by atoms with E-state index in [1.165, 1.54) is 0 Å². The highest BCUT2D eigenvalue weighted by atomic mass is 79.9. The first-order valence-corrected chi connectivity index (χ1v) is 8.77. The van der Waals surface area contributed by atoms with E-state index in [0.29, 0.717) is 5.75 Å². The molecule has 3 aromatic rings. The molecule has 0 aliphatic carbocycles. The van der Waals surface area contributed by atoms with Crippen LogP contribution < -0.4 is 0 Å². The van der Waals surface area contributed by atoms with Gasteiger partial charge in [0, 0.05) is 19.6 Å². The van der Waals surface area contributed by atoms with Crippen LogP contribution in [0.1, 0.15) is 10.4 Å². The van der Waals surface area contributed by atoms with Gasteiger partial charge in [-0.05, 0) is 47.2 Å². The van der Waals surface area contributed by atoms with Crippen LogP contribution in [0.4, 0.5) is 0 Å². The van der Waals surface area contributed by atoms with E-state index in [1.807, 2.05) is 47.8 Å². The van der Waals surface area contributed by atoms with Gasteiger partial charge in [0.1, 0.15) is 0 Å². The van der Waals surface area contributed by atoms with Crippen molar-refractivity contribution in [3.8, 4) is 0 Å². The maximum atomic E-state index is 12.4. The van der Waals surface area contributed by atoms with E-state index in [9.17, 15) is 4.79 Å². The molecule has 1 nitrogen and oxygen atoms in total. The number of ketones is 1. The Morgan fingerprint density at radius 2 is 1.90 bits per heavy atom. The van der Waals surface area contributed by atoms with Crippen LogP contribution in [-0.4, -0.2) is 11.5 Å². The molecule has 3 rings (SSSR count). The third-order valence-corrected chi connectivity index (χ3v) is 5.47. The minimum atomic E-state index is 0.186. The highest BCUT2D eigenvalue weighted by Gasteiger charge is 2.11. The SMILES string of the molecule is O=C(CSc1ccc(Br)cc1)c1cccc2ccsc12. The summed E-state index contributed by atoms with van der Waals surface area (Å²) in [4.78, 5) is 13.5. The fourth-order valence-corrected chi connectivity index (χ4v) is 3.95. The Morgan fingerprint density at radius 3 is 2.70 bits per heavy atom. The fraction of sp³-hybridized carbons (Fsp3) is 0.0625. The number of hydrogen-bond acceptors (Lipinski definition) is 3. The van der Waals surface area contributed by atoms with Crippen molar-refractivity contribution in [3.63, 3.8) is 0 Å². The minimum Gasteiger partial charge on any atom is -0.293 e. The van der Waals surface area contributed by atoms with E-state index in [4.69, 9.17) is 0 Å². The molecule has 2 aromatic carbocycles. The molecule has 0 atom stereocenters. The van der Waals surface area contributed by atoms with E-state index in [1.54, 1.807) is 23.1 Å². The number of hydrogen-bond donors (Lipinski definition) is 0. The highest BCUT2D eigenvalue weighted by molar-refractivity contribution is 9.10. The van der Waals surface area contributed by atoms with E-state index < -0.39 is 0 Å². The maximum absolute atomic E-state index is 12.4. The van der Waals surface area contributed by atoms with Crippen molar-refractivity contribution in [2.24, 2.45) is 0 Å². The molecule has 0 radical (unpaired) electrons. The van der Waals surface area contributed by atoms with Gasteiger partial charge in [0.25, 0.3) is 0 Å². The van der Waals surface area contributed by atoms with Crippen molar-refractivity contribution in [1.82, 2.24) is 0 Å². The van der Waals surface area contributed by atoms with Gasteiger partial charge in [0.15, 0.2) is 5.78 Å². The Morgan fingerprint density at radius 1 is 1.10 bits per heavy atom. The first-order valence-electron chi connectivity index (χ1n) is 6.12. The van der Waals surface area contributed by atoms with Crippen molar-refractivity contribution < 1.29 is 4.79 Å². The van der Waals surface area contributed by atoms with E-state index in [2.05, 4.69) is 22.0 Å². The number of carbonyl (C=O) groups is 1. The zero-order valence-corrected chi connectivity index (χ0v) is 13.7. The number of carbonyl (C=O) groups excluding carboxylic acids is 1. The Balaban J connectivity index is 1.76. The number of Topliss-reactive ketones (excluding diaryl/α,β-unsaturated/α-hetero) is 1. The van der Waals surface area contributed by atoms with Crippen LogP contribution in [0.25, 0.3) is 10.1 Å². The number of thiophene rings is 1. The number of thioether (sulfide) groups is 1. The molecule has 0 N–H and O–H groups in total. The first kappa shape index (κ1) is 13.9. The number of halogens is 1. The first-order chi connectivity index (χ1) is 9.74. The second kappa shape index (κ2) is 6.12. The zero-order chi connectivity index (χ0) is 13.9. The second-order valence-corrected chi connectivity index (χ2v) is 7.19. The molecule has 0 saturated heterocycles. The van der Waals surface area contributed by atoms with Crippen molar-refractivity contribution in [3.05, 3.63) is 63.9 Å². The summed E-state index contributed by atoms with van der Waals surface area (Å²) in [6.07, 6.45) is 0. The van der Waals surface area contributed by atoms with Gasteiger partial charge in [0.05, 0.1) is 5.75 Å². The topological polar surface area (TPSA) is 17.1 Å². The van der Waals surface area contributed by atoms with Crippen molar-refractivity contribution in [1.29, 1.82) is 0 Å². The van der Waals surface area contributed by atoms with E-state index >= 15 is 0 Å². The zero-order valence-electron chi connectivity index (χ0n) is 10.5. The lowest BCUT2D eigenvalue weighted by molar-refractivity contribution is 0.102. The predicted octanol–water partition coefficient (Wildman–Crippen LogP) is 5.64. The van der Waals surface area contributed by atoms with Crippen LogP contribution in [0.2, 0.25) is 0 Å². The van der Waals surface area contributed by atoms with Gasteiger partial charge in [-0.2, -0.15) is 0 Å². The number of rotatable bonds is 4. The molecule has 1 aromatic heterocycles.